The molecule has 3 aromatic rings. The van der Waals surface area contributed by atoms with Crippen LogP contribution in [0.1, 0.15) is 19.4 Å². The summed E-state index contributed by atoms with van der Waals surface area (Å²) in [5.41, 5.74) is 0.757. The van der Waals surface area contributed by atoms with E-state index in [9.17, 15) is 22.4 Å². The lowest BCUT2D eigenvalue weighted by Crippen LogP contribution is -2.51. The highest BCUT2D eigenvalue weighted by molar-refractivity contribution is 9.10. The maximum Gasteiger partial charge on any atom is 0.264 e. The summed E-state index contributed by atoms with van der Waals surface area (Å²) in [6.07, 6.45) is 0. The molecular formula is C26H26BrClFN3O4S. The lowest BCUT2D eigenvalue weighted by Gasteiger charge is -2.32. The molecule has 1 unspecified atom stereocenters. The smallest absolute Gasteiger partial charge is 0.264 e. The van der Waals surface area contributed by atoms with Crippen molar-refractivity contribution in [3.8, 4) is 0 Å². The Kier molecular flexibility index (Phi) is 9.69. The molecule has 0 aliphatic rings. The largest absolute Gasteiger partial charge is 0.355 e. The standard InChI is InChI=1S/C26H26BrClFN3O4S/c1-3-30-26(34)18(2)31(16-19-9-11-20(27)12-10-19)25(33)17-32(21-13-14-24(29)23(28)15-21)37(35,36)22-7-5-4-6-8-22/h4-15,18H,3,16-17H2,1-2H3,(H,30,34). The number of nitrogens with one attached hydrogen (secondary N) is 1. The van der Waals surface area contributed by atoms with Gasteiger partial charge in [-0.3, -0.25) is 13.9 Å². The molecule has 7 nitrogen and oxygen atoms in total. The van der Waals surface area contributed by atoms with Crippen LogP contribution in [0.4, 0.5) is 10.1 Å². The second kappa shape index (κ2) is 12.5. The molecule has 0 aliphatic carbocycles. The Hall–Kier alpha value is -2.95. The average molecular weight is 611 g/mol. The Morgan fingerprint density at radius 2 is 1.70 bits per heavy atom. The van der Waals surface area contributed by atoms with Crippen LogP contribution in [0.2, 0.25) is 5.02 Å². The number of halogens is 3. The summed E-state index contributed by atoms with van der Waals surface area (Å²) >= 11 is 9.32. The van der Waals surface area contributed by atoms with Gasteiger partial charge in [0.2, 0.25) is 11.8 Å². The lowest BCUT2D eigenvalue weighted by molar-refractivity contribution is -0.139. The molecule has 196 valence electrons. The van der Waals surface area contributed by atoms with Crippen molar-refractivity contribution in [2.24, 2.45) is 0 Å². The van der Waals surface area contributed by atoms with E-state index in [0.29, 0.717) is 6.54 Å². The van der Waals surface area contributed by atoms with Gasteiger partial charge in [-0.25, -0.2) is 12.8 Å². The van der Waals surface area contributed by atoms with Crippen LogP contribution < -0.4 is 9.62 Å². The normalized spacial score (nSPS) is 12.0. The van der Waals surface area contributed by atoms with Crippen LogP contribution in [0.25, 0.3) is 0 Å². The zero-order chi connectivity index (χ0) is 27.2. The molecule has 0 spiro atoms. The molecule has 3 rings (SSSR count). The summed E-state index contributed by atoms with van der Waals surface area (Å²) in [4.78, 5) is 27.6. The van der Waals surface area contributed by atoms with Gasteiger partial charge in [-0.15, -0.1) is 0 Å². The number of hydrogen-bond donors (Lipinski definition) is 1. The van der Waals surface area contributed by atoms with Crippen LogP contribution in [-0.2, 0) is 26.2 Å². The Morgan fingerprint density at radius 1 is 1.05 bits per heavy atom. The molecule has 0 heterocycles. The molecule has 1 atom stereocenters. The van der Waals surface area contributed by atoms with Gasteiger partial charge in [0.1, 0.15) is 18.4 Å². The first-order chi connectivity index (χ1) is 17.5. The van der Waals surface area contributed by atoms with Gasteiger partial charge in [0.05, 0.1) is 15.6 Å². The summed E-state index contributed by atoms with van der Waals surface area (Å²) < 4.78 is 42.8. The van der Waals surface area contributed by atoms with E-state index in [1.165, 1.54) is 23.1 Å². The van der Waals surface area contributed by atoms with Crippen LogP contribution in [0.5, 0.6) is 0 Å². The lowest BCUT2D eigenvalue weighted by atomic mass is 10.1. The van der Waals surface area contributed by atoms with Crippen LogP contribution in [-0.4, -0.2) is 44.3 Å². The Morgan fingerprint density at radius 3 is 2.30 bits per heavy atom. The van der Waals surface area contributed by atoms with Gasteiger partial charge in [0, 0.05) is 17.6 Å². The number of likely N-dealkylation sites (N-methyl/N-ethyl adjacent to an activating group) is 1. The molecule has 11 heteroatoms. The molecule has 1 N–H and O–H groups in total. The van der Waals surface area contributed by atoms with Gasteiger partial charge in [0.15, 0.2) is 0 Å². The summed E-state index contributed by atoms with van der Waals surface area (Å²) in [5.74, 6) is -1.73. The highest BCUT2D eigenvalue weighted by Crippen LogP contribution is 2.28. The summed E-state index contributed by atoms with van der Waals surface area (Å²) in [6.45, 7) is 3.13. The molecule has 0 aliphatic heterocycles. The fourth-order valence-corrected chi connectivity index (χ4v) is 5.45. The maximum atomic E-state index is 13.9. The molecular weight excluding hydrogens is 585 g/mol. The summed E-state index contributed by atoms with van der Waals surface area (Å²) in [6, 6.07) is 17.3. The first-order valence-corrected chi connectivity index (χ1v) is 14.0. The minimum atomic E-state index is -4.25. The van der Waals surface area contributed by atoms with Crippen molar-refractivity contribution in [1.82, 2.24) is 10.2 Å². The van der Waals surface area contributed by atoms with Crippen molar-refractivity contribution in [3.05, 3.63) is 93.7 Å². The van der Waals surface area contributed by atoms with E-state index in [1.807, 2.05) is 0 Å². The number of anilines is 1. The predicted octanol–water partition coefficient (Wildman–Crippen LogP) is 4.99. The van der Waals surface area contributed by atoms with Crippen molar-refractivity contribution in [2.75, 3.05) is 17.4 Å². The minimum absolute atomic E-state index is 0.0119. The van der Waals surface area contributed by atoms with Gasteiger partial charge < -0.3 is 10.2 Å². The average Bonchev–Trinajstić information content (AvgIpc) is 2.88. The van der Waals surface area contributed by atoms with E-state index in [0.717, 1.165) is 26.5 Å². The van der Waals surface area contributed by atoms with Crippen molar-refractivity contribution < 1.29 is 22.4 Å². The zero-order valence-electron chi connectivity index (χ0n) is 20.2. The van der Waals surface area contributed by atoms with Crippen LogP contribution in [0, 0.1) is 5.82 Å². The molecule has 0 saturated carbocycles. The third-order valence-corrected chi connectivity index (χ3v) is 8.19. The number of carbonyl (C=O) groups is 2. The molecule has 0 fully saturated rings. The van der Waals surface area contributed by atoms with E-state index >= 15 is 0 Å². The highest BCUT2D eigenvalue weighted by atomic mass is 79.9. The predicted molar refractivity (Wildman–Crippen MR) is 145 cm³/mol. The number of benzene rings is 3. The quantitative estimate of drug-likeness (QED) is 0.351. The van der Waals surface area contributed by atoms with Crippen molar-refractivity contribution in [1.29, 1.82) is 0 Å². The van der Waals surface area contributed by atoms with E-state index in [4.69, 9.17) is 11.6 Å². The Balaban J connectivity index is 2.03. The Bertz CT molecular complexity index is 1360. The molecule has 0 aromatic heterocycles. The summed E-state index contributed by atoms with van der Waals surface area (Å²) in [7, 11) is -4.25. The van der Waals surface area contributed by atoms with E-state index in [1.54, 1.807) is 56.3 Å². The maximum absolute atomic E-state index is 13.9. The topological polar surface area (TPSA) is 86.8 Å². The Labute approximate surface area is 229 Å². The molecule has 2 amide bonds. The summed E-state index contributed by atoms with van der Waals surface area (Å²) in [5, 5.41) is 2.41. The fourth-order valence-electron chi connectivity index (χ4n) is 3.58. The molecule has 0 saturated heterocycles. The van der Waals surface area contributed by atoms with Crippen LogP contribution in [0.3, 0.4) is 0 Å². The number of hydrogen-bond acceptors (Lipinski definition) is 4. The second-order valence-electron chi connectivity index (χ2n) is 8.14. The second-order valence-corrected chi connectivity index (χ2v) is 11.3. The van der Waals surface area contributed by atoms with Gasteiger partial charge in [-0.2, -0.15) is 0 Å². The number of amides is 2. The number of sulfonamides is 1. The van der Waals surface area contributed by atoms with Crippen LogP contribution >= 0.6 is 27.5 Å². The van der Waals surface area contributed by atoms with E-state index < -0.39 is 34.3 Å². The number of rotatable bonds is 10. The van der Waals surface area contributed by atoms with Gasteiger partial charge in [0.25, 0.3) is 10.0 Å². The zero-order valence-corrected chi connectivity index (χ0v) is 23.4. The molecule has 37 heavy (non-hydrogen) atoms. The van der Waals surface area contributed by atoms with E-state index in [-0.39, 0.29) is 28.1 Å². The van der Waals surface area contributed by atoms with Gasteiger partial charge >= 0.3 is 0 Å². The van der Waals surface area contributed by atoms with Crippen molar-refractivity contribution in [2.45, 2.75) is 31.3 Å². The monoisotopic (exact) mass is 609 g/mol. The number of nitrogens with zero attached hydrogens (tertiary/aromatic N) is 2. The van der Waals surface area contributed by atoms with Crippen molar-refractivity contribution >= 4 is 55.1 Å². The minimum Gasteiger partial charge on any atom is -0.355 e. The first-order valence-electron chi connectivity index (χ1n) is 11.4. The van der Waals surface area contributed by atoms with Gasteiger partial charge in [-0.1, -0.05) is 57.9 Å². The molecule has 3 aromatic carbocycles. The van der Waals surface area contributed by atoms with Crippen LogP contribution in [0.15, 0.2) is 82.2 Å². The third-order valence-electron chi connectivity index (χ3n) is 5.59. The third kappa shape index (κ3) is 7.09. The molecule has 0 bridgehead atoms. The SMILES string of the molecule is CCNC(=O)C(C)N(Cc1ccc(Br)cc1)C(=O)CN(c1ccc(F)c(Cl)c1)S(=O)(=O)c1ccccc1. The van der Waals surface area contributed by atoms with Crippen molar-refractivity contribution in [3.63, 3.8) is 0 Å². The highest BCUT2D eigenvalue weighted by Gasteiger charge is 2.32. The number of carbonyl (C=O) groups excluding carboxylic acids is 2. The fraction of sp³-hybridized carbons (Fsp3) is 0.231. The first kappa shape index (κ1) is 28.6. The van der Waals surface area contributed by atoms with Gasteiger partial charge in [-0.05, 0) is 61.9 Å². The molecule has 0 radical (unpaired) electrons. The van der Waals surface area contributed by atoms with E-state index in [2.05, 4.69) is 21.2 Å².